The lowest BCUT2D eigenvalue weighted by Gasteiger charge is -2.16. The molecule has 0 N–H and O–H groups in total. The van der Waals surface area contributed by atoms with Crippen molar-refractivity contribution in [2.24, 2.45) is 0 Å². The van der Waals surface area contributed by atoms with Crippen LogP contribution in [-0.2, 0) is 12.8 Å². The van der Waals surface area contributed by atoms with Gasteiger partial charge in [0.05, 0.1) is 0 Å². The third-order valence-electron chi connectivity index (χ3n) is 5.24. The fourth-order valence-corrected chi connectivity index (χ4v) is 3.71. The highest BCUT2D eigenvalue weighted by atomic mass is 19.1. The molecule has 0 aliphatic heterocycles. The molecule has 0 aliphatic rings. The smallest absolute Gasteiger partial charge is 0.123 e. The summed E-state index contributed by atoms with van der Waals surface area (Å²) in [6.07, 6.45) is 2.84. The summed E-state index contributed by atoms with van der Waals surface area (Å²) in [6.45, 7) is 5.83. The van der Waals surface area contributed by atoms with Crippen molar-refractivity contribution in [3.63, 3.8) is 0 Å². The largest absolute Gasteiger partial charge is 0.492 e. The van der Waals surface area contributed by atoms with Crippen molar-refractivity contribution in [1.29, 1.82) is 0 Å². The van der Waals surface area contributed by atoms with Crippen LogP contribution in [0.4, 0.5) is 4.39 Å². The molecular formula is C27H32FNO. The molecule has 30 heavy (non-hydrogen) atoms. The summed E-state index contributed by atoms with van der Waals surface area (Å²) in [4.78, 5) is 2.12. The normalized spacial score (nSPS) is 11.1. The van der Waals surface area contributed by atoms with Crippen LogP contribution < -0.4 is 4.74 Å². The summed E-state index contributed by atoms with van der Waals surface area (Å²) in [6, 6.07) is 20.0. The lowest BCUT2D eigenvalue weighted by atomic mass is 9.96. The fraction of sp³-hybridized carbons (Fsp3) is 0.333. The van der Waals surface area contributed by atoms with Crippen LogP contribution in [-0.4, -0.2) is 32.1 Å². The van der Waals surface area contributed by atoms with Gasteiger partial charge in [-0.15, -0.1) is 0 Å². The van der Waals surface area contributed by atoms with E-state index in [1.165, 1.54) is 39.9 Å². The van der Waals surface area contributed by atoms with E-state index in [4.69, 9.17) is 4.74 Å². The maximum atomic E-state index is 13.1. The SMILES string of the molecule is Cc1cc(C)cc(-c2ccc(OCCN(C)C)c(CCCc3ccc(F)cc3)c2)c1. The summed E-state index contributed by atoms with van der Waals surface area (Å²) in [7, 11) is 4.10. The zero-order valence-electron chi connectivity index (χ0n) is 18.5. The number of rotatable bonds is 9. The van der Waals surface area contributed by atoms with Crippen molar-refractivity contribution in [1.82, 2.24) is 4.90 Å². The zero-order chi connectivity index (χ0) is 21.5. The van der Waals surface area contributed by atoms with E-state index in [1.54, 1.807) is 0 Å². The van der Waals surface area contributed by atoms with Crippen molar-refractivity contribution >= 4 is 0 Å². The molecule has 0 saturated heterocycles. The number of hydrogen-bond donors (Lipinski definition) is 0. The molecule has 0 aliphatic carbocycles. The number of aryl methyl sites for hydroxylation is 4. The maximum Gasteiger partial charge on any atom is 0.123 e. The summed E-state index contributed by atoms with van der Waals surface area (Å²) < 4.78 is 19.3. The molecule has 0 fully saturated rings. The van der Waals surface area contributed by atoms with E-state index in [0.717, 1.165) is 37.1 Å². The molecule has 3 heteroatoms. The Hall–Kier alpha value is -2.65. The molecule has 0 saturated carbocycles. The Morgan fingerprint density at radius 2 is 1.50 bits per heavy atom. The Bertz CT molecular complexity index is 943. The molecule has 0 atom stereocenters. The maximum absolute atomic E-state index is 13.1. The average molecular weight is 406 g/mol. The van der Waals surface area contributed by atoms with Gasteiger partial charge in [0.1, 0.15) is 18.2 Å². The lowest BCUT2D eigenvalue weighted by molar-refractivity contribution is 0.259. The van der Waals surface area contributed by atoms with Crippen molar-refractivity contribution in [3.8, 4) is 16.9 Å². The number of ether oxygens (including phenoxy) is 1. The van der Waals surface area contributed by atoms with E-state index < -0.39 is 0 Å². The Morgan fingerprint density at radius 3 is 2.17 bits per heavy atom. The van der Waals surface area contributed by atoms with Crippen LogP contribution in [0.3, 0.4) is 0 Å². The van der Waals surface area contributed by atoms with Crippen LogP contribution >= 0.6 is 0 Å². The minimum Gasteiger partial charge on any atom is -0.492 e. The van der Waals surface area contributed by atoms with Gasteiger partial charge in [0.15, 0.2) is 0 Å². The first-order valence-corrected chi connectivity index (χ1v) is 10.6. The summed E-state index contributed by atoms with van der Waals surface area (Å²) >= 11 is 0. The highest BCUT2D eigenvalue weighted by molar-refractivity contribution is 5.67. The Labute approximate surface area is 180 Å². The molecule has 2 nitrogen and oxygen atoms in total. The van der Waals surface area contributed by atoms with Crippen LogP contribution in [0.2, 0.25) is 0 Å². The molecule has 3 aromatic carbocycles. The average Bonchev–Trinajstić information content (AvgIpc) is 2.69. The Balaban J connectivity index is 1.78. The van der Waals surface area contributed by atoms with E-state index in [0.29, 0.717) is 6.61 Å². The third kappa shape index (κ3) is 6.43. The van der Waals surface area contributed by atoms with Crippen LogP contribution in [0.15, 0.2) is 60.7 Å². The molecule has 3 aromatic rings. The highest BCUT2D eigenvalue weighted by Gasteiger charge is 2.09. The fourth-order valence-electron chi connectivity index (χ4n) is 3.71. The van der Waals surface area contributed by atoms with Gasteiger partial charge in [-0.2, -0.15) is 0 Å². The van der Waals surface area contributed by atoms with Gasteiger partial charge >= 0.3 is 0 Å². The molecule has 0 bridgehead atoms. The molecular weight excluding hydrogens is 373 g/mol. The first-order valence-electron chi connectivity index (χ1n) is 10.6. The number of likely N-dealkylation sites (N-methyl/N-ethyl adjacent to an activating group) is 1. The molecule has 0 spiro atoms. The second kappa shape index (κ2) is 10.4. The Morgan fingerprint density at radius 1 is 0.800 bits per heavy atom. The van der Waals surface area contributed by atoms with E-state index in [1.807, 2.05) is 12.1 Å². The molecule has 0 heterocycles. The molecule has 0 unspecified atom stereocenters. The minimum absolute atomic E-state index is 0.184. The first kappa shape index (κ1) is 22.0. The predicted octanol–water partition coefficient (Wildman–Crippen LogP) is 6.23. The van der Waals surface area contributed by atoms with Crippen LogP contribution in [0.5, 0.6) is 5.75 Å². The van der Waals surface area contributed by atoms with E-state index >= 15 is 0 Å². The number of benzene rings is 3. The molecule has 0 aromatic heterocycles. The number of halogens is 1. The van der Waals surface area contributed by atoms with Crippen LogP contribution in [0, 0.1) is 19.7 Å². The lowest BCUT2D eigenvalue weighted by Crippen LogP contribution is -2.19. The minimum atomic E-state index is -0.184. The Kier molecular flexibility index (Phi) is 7.64. The quantitative estimate of drug-likeness (QED) is 0.419. The van der Waals surface area contributed by atoms with Crippen molar-refractivity contribution in [2.75, 3.05) is 27.2 Å². The van der Waals surface area contributed by atoms with Crippen LogP contribution in [0.25, 0.3) is 11.1 Å². The summed E-state index contributed by atoms with van der Waals surface area (Å²) in [5.41, 5.74) is 7.40. The van der Waals surface area contributed by atoms with Gasteiger partial charge in [0.2, 0.25) is 0 Å². The van der Waals surface area contributed by atoms with E-state index in [9.17, 15) is 4.39 Å². The van der Waals surface area contributed by atoms with E-state index in [2.05, 4.69) is 69.2 Å². The number of hydrogen-bond acceptors (Lipinski definition) is 2. The second-order valence-corrected chi connectivity index (χ2v) is 8.33. The molecule has 158 valence electrons. The second-order valence-electron chi connectivity index (χ2n) is 8.33. The third-order valence-corrected chi connectivity index (χ3v) is 5.24. The van der Waals surface area contributed by atoms with Gasteiger partial charge in [-0.25, -0.2) is 4.39 Å². The van der Waals surface area contributed by atoms with Gasteiger partial charge in [-0.1, -0.05) is 47.5 Å². The standard InChI is InChI=1S/C27H32FNO/c1-20-16-21(2)18-25(17-20)23-10-13-27(30-15-14-29(3)4)24(19-23)7-5-6-22-8-11-26(28)12-9-22/h8-13,16-19H,5-7,14-15H2,1-4H3. The van der Waals surface area contributed by atoms with Crippen molar-refractivity contribution in [2.45, 2.75) is 33.1 Å². The van der Waals surface area contributed by atoms with Crippen LogP contribution in [0.1, 0.15) is 28.7 Å². The van der Waals surface area contributed by atoms with E-state index in [-0.39, 0.29) is 5.82 Å². The molecule has 0 amide bonds. The zero-order valence-corrected chi connectivity index (χ0v) is 18.5. The van der Waals surface area contributed by atoms with Gasteiger partial charge in [-0.3, -0.25) is 0 Å². The molecule has 3 rings (SSSR count). The predicted molar refractivity (Wildman–Crippen MR) is 124 cm³/mol. The van der Waals surface area contributed by atoms with Gasteiger partial charge < -0.3 is 9.64 Å². The monoisotopic (exact) mass is 405 g/mol. The van der Waals surface area contributed by atoms with Gasteiger partial charge in [-0.05, 0) is 93.7 Å². The first-order chi connectivity index (χ1) is 14.4. The van der Waals surface area contributed by atoms with Crippen molar-refractivity contribution in [3.05, 3.63) is 88.7 Å². The summed E-state index contributed by atoms with van der Waals surface area (Å²) in [5.74, 6) is 0.778. The topological polar surface area (TPSA) is 12.5 Å². The van der Waals surface area contributed by atoms with Gasteiger partial charge in [0, 0.05) is 6.54 Å². The highest BCUT2D eigenvalue weighted by Crippen LogP contribution is 2.29. The van der Waals surface area contributed by atoms with Gasteiger partial charge in [0.25, 0.3) is 0 Å². The summed E-state index contributed by atoms with van der Waals surface area (Å²) in [5, 5.41) is 0. The molecule has 0 radical (unpaired) electrons. The van der Waals surface area contributed by atoms with Crippen molar-refractivity contribution < 1.29 is 9.13 Å². The number of nitrogens with zero attached hydrogens (tertiary/aromatic N) is 1.